The molecule has 0 radical (unpaired) electrons. The van der Waals surface area contributed by atoms with Gasteiger partial charge in [0.1, 0.15) is 24.0 Å². The number of fused-ring (bicyclic) bond motifs is 1. The Balaban J connectivity index is 2.02. The lowest BCUT2D eigenvalue weighted by molar-refractivity contribution is 0.310. The van der Waals surface area contributed by atoms with Crippen molar-refractivity contribution < 1.29 is 21.9 Å². The van der Waals surface area contributed by atoms with Gasteiger partial charge in [0.25, 0.3) is 10.0 Å². The number of hydrogen-bond donors (Lipinski definition) is 1. The number of likely N-dealkylation sites (N-methyl/N-ethyl adjacent to an activating group) is 1. The van der Waals surface area contributed by atoms with E-state index in [1.54, 1.807) is 13.0 Å². The van der Waals surface area contributed by atoms with Crippen molar-refractivity contribution in [1.29, 1.82) is 0 Å². The van der Waals surface area contributed by atoms with Gasteiger partial charge in [-0.1, -0.05) is 0 Å². The summed E-state index contributed by atoms with van der Waals surface area (Å²) in [5.74, 6) is -1.15. The number of nitrogens with one attached hydrogen (secondary N) is 1. The van der Waals surface area contributed by atoms with Gasteiger partial charge in [-0.15, -0.1) is 0 Å². The molecular formula is C16H16F2N2O3S. The van der Waals surface area contributed by atoms with E-state index >= 15 is 0 Å². The van der Waals surface area contributed by atoms with Crippen LogP contribution in [0, 0.1) is 18.6 Å². The van der Waals surface area contributed by atoms with Gasteiger partial charge in [-0.3, -0.25) is 4.72 Å². The van der Waals surface area contributed by atoms with E-state index in [4.69, 9.17) is 4.74 Å². The van der Waals surface area contributed by atoms with E-state index in [0.717, 1.165) is 23.9 Å². The summed E-state index contributed by atoms with van der Waals surface area (Å²) in [6, 6.07) is 5.68. The molecule has 0 aromatic heterocycles. The van der Waals surface area contributed by atoms with Crippen LogP contribution in [0.4, 0.5) is 20.2 Å². The first-order valence-electron chi connectivity index (χ1n) is 7.24. The highest BCUT2D eigenvalue weighted by molar-refractivity contribution is 7.92. The Morgan fingerprint density at radius 1 is 1.21 bits per heavy atom. The summed E-state index contributed by atoms with van der Waals surface area (Å²) in [6.45, 7) is 2.78. The molecule has 1 N–H and O–H groups in total. The topological polar surface area (TPSA) is 58.6 Å². The first kappa shape index (κ1) is 16.5. The second-order valence-electron chi connectivity index (χ2n) is 5.59. The van der Waals surface area contributed by atoms with Gasteiger partial charge in [-0.2, -0.15) is 0 Å². The lowest BCUT2D eigenvalue weighted by atomic mass is 10.2. The summed E-state index contributed by atoms with van der Waals surface area (Å²) >= 11 is 0. The van der Waals surface area contributed by atoms with Crippen LogP contribution in [0.3, 0.4) is 0 Å². The maximum absolute atomic E-state index is 13.7. The van der Waals surface area contributed by atoms with Crippen molar-refractivity contribution in [3.8, 4) is 5.75 Å². The zero-order chi connectivity index (χ0) is 17.5. The molecule has 2 aromatic carbocycles. The van der Waals surface area contributed by atoms with Crippen LogP contribution >= 0.6 is 0 Å². The van der Waals surface area contributed by atoms with Crippen LogP contribution in [-0.4, -0.2) is 28.6 Å². The Bertz CT molecular complexity index is 900. The molecule has 0 aliphatic carbocycles. The van der Waals surface area contributed by atoms with Gasteiger partial charge in [-0.05, 0) is 30.7 Å². The Morgan fingerprint density at radius 3 is 2.71 bits per heavy atom. The average molecular weight is 354 g/mol. The molecule has 0 fully saturated rings. The molecule has 8 heteroatoms. The van der Waals surface area contributed by atoms with Crippen molar-refractivity contribution in [2.45, 2.75) is 11.8 Å². The summed E-state index contributed by atoms with van der Waals surface area (Å²) < 4.78 is 59.7. The number of rotatable bonds is 3. The van der Waals surface area contributed by atoms with Crippen LogP contribution in [-0.2, 0) is 10.0 Å². The summed E-state index contributed by atoms with van der Waals surface area (Å²) in [6.07, 6.45) is 0. The fraction of sp³-hybridized carbons (Fsp3) is 0.250. The van der Waals surface area contributed by atoms with Gasteiger partial charge >= 0.3 is 0 Å². The molecule has 1 aliphatic heterocycles. The molecule has 1 heterocycles. The van der Waals surface area contributed by atoms with E-state index in [1.165, 1.54) is 6.07 Å². The number of benzene rings is 2. The highest BCUT2D eigenvalue weighted by atomic mass is 32.2. The number of ether oxygens (including phenoxy) is 1. The molecule has 5 nitrogen and oxygen atoms in total. The van der Waals surface area contributed by atoms with Crippen molar-refractivity contribution >= 4 is 21.4 Å². The number of sulfonamides is 1. The Hall–Kier alpha value is -2.35. The highest BCUT2D eigenvalue weighted by Gasteiger charge is 2.24. The molecule has 0 spiro atoms. The molecule has 128 valence electrons. The largest absolute Gasteiger partial charge is 0.490 e. The Labute approximate surface area is 138 Å². The van der Waals surface area contributed by atoms with E-state index in [2.05, 4.69) is 4.72 Å². The summed E-state index contributed by atoms with van der Waals surface area (Å²) in [5.41, 5.74) is 0.829. The van der Waals surface area contributed by atoms with Gasteiger partial charge in [0.15, 0.2) is 0 Å². The zero-order valence-corrected chi connectivity index (χ0v) is 14.0. The number of hydrogen-bond acceptors (Lipinski definition) is 4. The smallest absolute Gasteiger partial charge is 0.262 e. The fourth-order valence-electron chi connectivity index (χ4n) is 2.55. The highest BCUT2D eigenvalue weighted by Crippen LogP contribution is 2.35. The van der Waals surface area contributed by atoms with Gasteiger partial charge < -0.3 is 9.64 Å². The van der Waals surface area contributed by atoms with Crippen molar-refractivity contribution in [1.82, 2.24) is 0 Å². The third-order valence-corrected chi connectivity index (χ3v) is 5.32. The van der Waals surface area contributed by atoms with Crippen molar-refractivity contribution in [2.24, 2.45) is 0 Å². The molecule has 0 unspecified atom stereocenters. The molecule has 2 aromatic rings. The monoisotopic (exact) mass is 354 g/mol. The molecule has 0 amide bonds. The van der Waals surface area contributed by atoms with Gasteiger partial charge in [0.05, 0.1) is 22.8 Å². The number of anilines is 2. The van der Waals surface area contributed by atoms with Crippen LogP contribution in [0.15, 0.2) is 35.2 Å². The van der Waals surface area contributed by atoms with Crippen LogP contribution in [0.5, 0.6) is 5.75 Å². The summed E-state index contributed by atoms with van der Waals surface area (Å²) in [5, 5.41) is 0. The molecule has 0 saturated heterocycles. The minimum atomic E-state index is -4.09. The van der Waals surface area contributed by atoms with Crippen molar-refractivity contribution in [2.75, 3.05) is 29.8 Å². The minimum Gasteiger partial charge on any atom is -0.490 e. The van der Waals surface area contributed by atoms with Crippen molar-refractivity contribution in [3.63, 3.8) is 0 Å². The van der Waals surface area contributed by atoms with E-state index in [1.807, 2.05) is 11.9 Å². The summed E-state index contributed by atoms with van der Waals surface area (Å²) in [7, 11) is -2.21. The van der Waals surface area contributed by atoms with Gasteiger partial charge in [0, 0.05) is 19.2 Å². The number of nitrogens with zero attached hydrogens (tertiary/aromatic N) is 1. The molecule has 1 aliphatic rings. The zero-order valence-electron chi connectivity index (χ0n) is 13.1. The predicted molar refractivity (Wildman–Crippen MR) is 87.1 cm³/mol. The third-order valence-electron chi connectivity index (χ3n) is 3.81. The van der Waals surface area contributed by atoms with Crippen LogP contribution in [0.2, 0.25) is 0 Å². The first-order valence-corrected chi connectivity index (χ1v) is 8.73. The molecule has 0 bridgehead atoms. The standard InChI is InChI=1S/C16H16F2N2O3S/c1-10-7-14-15(23-6-5-20(14)2)9-16(10)24(21,22)19-13-8-11(17)3-4-12(13)18/h3-4,7-9,19H,5-6H2,1-2H3. The van der Waals surface area contributed by atoms with E-state index < -0.39 is 27.3 Å². The predicted octanol–water partition coefficient (Wildman–Crippen LogP) is 2.90. The second-order valence-corrected chi connectivity index (χ2v) is 7.24. The van der Waals surface area contributed by atoms with Crippen molar-refractivity contribution in [3.05, 3.63) is 47.5 Å². The summed E-state index contributed by atoms with van der Waals surface area (Å²) in [4.78, 5) is 1.92. The number of aryl methyl sites for hydroxylation is 1. The SMILES string of the molecule is Cc1cc2c(cc1S(=O)(=O)Nc1cc(F)ccc1F)OCCN2C. The van der Waals surface area contributed by atoms with Crippen LogP contribution in [0.25, 0.3) is 0 Å². The molecule has 0 saturated carbocycles. The minimum absolute atomic E-state index is 0.0415. The molecule has 24 heavy (non-hydrogen) atoms. The van der Waals surface area contributed by atoms with Gasteiger partial charge in [0.2, 0.25) is 0 Å². The third kappa shape index (κ3) is 3.01. The van der Waals surface area contributed by atoms with E-state index in [0.29, 0.717) is 24.5 Å². The Morgan fingerprint density at radius 2 is 1.96 bits per heavy atom. The van der Waals surface area contributed by atoms with Crippen LogP contribution < -0.4 is 14.4 Å². The van der Waals surface area contributed by atoms with E-state index in [9.17, 15) is 17.2 Å². The first-order chi connectivity index (χ1) is 11.3. The molecular weight excluding hydrogens is 338 g/mol. The maximum atomic E-state index is 13.7. The van der Waals surface area contributed by atoms with Crippen LogP contribution in [0.1, 0.15) is 5.56 Å². The average Bonchev–Trinajstić information content (AvgIpc) is 2.51. The van der Waals surface area contributed by atoms with Gasteiger partial charge in [-0.25, -0.2) is 17.2 Å². The normalized spacial score (nSPS) is 14.1. The fourth-order valence-corrected chi connectivity index (χ4v) is 3.85. The number of halogens is 2. The quantitative estimate of drug-likeness (QED) is 0.921. The second kappa shape index (κ2) is 5.94. The molecule has 3 rings (SSSR count). The maximum Gasteiger partial charge on any atom is 0.262 e. The Kier molecular flexibility index (Phi) is 4.08. The lowest BCUT2D eigenvalue weighted by Crippen LogP contribution is -2.29. The van der Waals surface area contributed by atoms with E-state index in [-0.39, 0.29) is 4.90 Å². The molecule has 0 atom stereocenters. The lowest BCUT2D eigenvalue weighted by Gasteiger charge is -2.28.